The van der Waals surface area contributed by atoms with E-state index in [4.69, 9.17) is 0 Å². The fraction of sp³-hybridized carbons (Fsp3) is 0.320. The van der Waals surface area contributed by atoms with Gasteiger partial charge in [-0.3, -0.25) is 4.79 Å². The van der Waals surface area contributed by atoms with Gasteiger partial charge in [0.1, 0.15) is 0 Å². The Morgan fingerprint density at radius 2 is 1.63 bits per heavy atom. The number of amides is 1. The molecule has 0 aliphatic carbocycles. The number of aromatic nitrogens is 2. The Bertz CT molecular complexity index is 1060. The van der Waals surface area contributed by atoms with Gasteiger partial charge in [0.25, 0.3) is 5.91 Å². The molecule has 0 radical (unpaired) electrons. The first-order valence-corrected chi connectivity index (χ1v) is 10.6. The zero-order chi connectivity index (χ0) is 20.7. The number of likely N-dealkylation sites (tertiary alicyclic amines) is 1. The Balaban J connectivity index is 1.39. The molecule has 2 atom stereocenters. The normalized spacial score (nSPS) is 20.5. The van der Waals surface area contributed by atoms with Crippen LogP contribution >= 0.6 is 0 Å². The number of hydrogen-bond acceptors (Lipinski definition) is 4. The third-order valence-electron chi connectivity index (χ3n) is 6.31. The fourth-order valence-electron chi connectivity index (χ4n) is 4.75. The van der Waals surface area contributed by atoms with Gasteiger partial charge in [0.2, 0.25) is 5.95 Å². The minimum atomic E-state index is 0.124. The first-order valence-electron chi connectivity index (χ1n) is 10.6. The van der Waals surface area contributed by atoms with Crippen LogP contribution in [0.2, 0.25) is 0 Å². The van der Waals surface area contributed by atoms with Crippen LogP contribution in [0.15, 0.2) is 60.7 Å². The third-order valence-corrected chi connectivity index (χ3v) is 6.31. The maximum absolute atomic E-state index is 13.5. The van der Waals surface area contributed by atoms with Crippen molar-refractivity contribution in [1.82, 2.24) is 14.9 Å². The van der Waals surface area contributed by atoms with E-state index in [9.17, 15) is 4.79 Å². The van der Waals surface area contributed by atoms with Crippen molar-refractivity contribution >= 4 is 11.9 Å². The minimum absolute atomic E-state index is 0.124. The van der Waals surface area contributed by atoms with Crippen LogP contribution in [0.3, 0.4) is 0 Å². The van der Waals surface area contributed by atoms with Gasteiger partial charge in [-0.15, -0.1) is 0 Å². The smallest absolute Gasteiger partial charge is 0.254 e. The Morgan fingerprint density at radius 3 is 2.40 bits per heavy atom. The van der Waals surface area contributed by atoms with Crippen LogP contribution in [-0.2, 0) is 0 Å². The molecule has 5 nitrogen and oxygen atoms in total. The summed E-state index contributed by atoms with van der Waals surface area (Å²) in [6, 6.07) is 20.3. The monoisotopic (exact) mass is 398 g/mol. The Hall–Kier alpha value is -3.21. The molecule has 3 aromatic rings. The molecule has 152 valence electrons. The molecule has 2 unspecified atom stereocenters. The topological polar surface area (TPSA) is 49.3 Å². The summed E-state index contributed by atoms with van der Waals surface area (Å²) in [5, 5.41) is 0. The molecule has 30 heavy (non-hydrogen) atoms. The highest BCUT2D eigenvalue weighted by Crippen LogP contribution is 2.36. The van der Waals surface area contributed by atoms with Crippen LogP contribution < -0.4 is 4.90 Å². The maximum Gasteiger partial charge on any atom is 0.254 e. The Kier molecular flexibility index (Phi) is 4.74. The van der Waals surface area contributed by atoms with Gasteiger partial charge in [-0.1, -0.05) is 48.5 Å². The van der Waals surface area contributed by atoms with Gasteiger partial charge in [-0.2, -0.15) is 0 Å². The van der Waals surface area contributed by atoms with E-state index in [2.05, 4.69) is 27.0 Å². The van der Waals surface area contributed by atoms with E-state index in [1.54, 1.807) is 0 Å². The van der Waals surface area contributed by atoms with E-state index in [1.165, 1.54) is 0 Å². The molecule has 0 N–H and O–H groups in total. The van der Waals surface area contributed by atoms with Crippen LogP contribution in [0.25, 0.3) is 11.1 Å². The summed E-state index contributed by atoms with van der Waals surface area (Å²) in [5.74, 6) is 1.48. The van der Waals surface area contributed by atoms with Gasteiger partial charge in [-0.25, -0.2) is 9.97 Å². The Morgan fingerprint density at radius 1 is 0.933 bits per heavy atom. The van der Waals surface area contributed by atoms with Gasteiger partial charge in [0, 0.05) is 42.5 Å². The first kappa shape index (κ1) is 18.8. The molecule has 5 heteroatoms. The highest BCUT2D eigenvalue weighted by molar-refractivity contribution is 6.01. The SMILES string of the molecule is Cc1cc(C)nc(N2CCC3CN(C(=O)c4ccccc4-c4ccccc4)C3C2)n1. The molecule has 2 aliphatic heterocycles. The molecule has 0 bridgehead atoms. The number of rotatable bonds is 3. The van der Waals surface area contributed by atoms with E-state index >= 15 is 0 Å². The summed E-state index contributed by atoms with van der Waals surface area (Å²) in [5.41, 5.74) is 4.82. The second kappa shape index (κ2) is 7.56. The van der Waals surface area contributed by atoms with Crippen molar-refractivity contribution in [3.05, 3.63) is 77.6 Å². The lowest BCUT2D eigenvalue weighted by Crippen LogP contribution is -2.66. The quantitative estimate of drug-likeness (QED) is 0.666. The molecule has 2 fully saturated rings. The van der Waals surface area contributed by atoms with Crippen molar-refractivity contribution < 1.29 is 4.79 Å². The van der Waals surface area contributed by atoms with E-state index in [0.29, 0.717) is 5.92 Å². The van der Waals surface area contributed by atoms with Crippen LogP contribution in [0.1, 0.15) is 28.2 Å². The number of carbonyl (C=O) groups is 1. The number of aryl methyl sites for hydroxylation is 2. The van der Waals surface area contributed by atoms with Crippen LogP contribution in [0.5, 0.6) is 0 Å². The predicted octanol–water partition coefficient (Wildman–Crippen LogP) is 4.11. The lowest BCUT2D eigenvalue weighted by Gasteiger charge is -2.53. The highest BCUT2D eigenvalue weighted by Gasteiger charge is 2.45. The van der Waals surface area contributed by atoms with Crippen molar-refractivity contribution in [2.45, 2.75) is 26.3 Å². The molecular formula is C25H26N4O. The van der Waals surface area contributed by atoms with E-state index in [1.807, 2.05) is 67.3 Å². The molecule has 5 rings (SSSR count). The van der Waals surface area contributed by atoms with Gasteiger partial charge in [0.15, 0.2) is 0 Å². The summed E-state index contributed by atoms with van der Waals surface area (Å²) in [4.78, 5) is 27.1. The van der Waals surface area contributed by atoms with Gasteiger partial charge in [-0.05, 0) is 43.5 Å². The van der Waals surface area contributed by atoms with Crippen LogP contribution in [0, 0.1) is 19.8 Å². The third kappa shape index (κ3) is 3.34. The summed E-state index contributed by atoms with van der Waals surface area (Å²) < 4.78 is 0. The molecule has 2 aromatic carbocycles. The van der Waals surface area contributed by atoms with Crippen molar-refractivity contribution in [3.63, 3.8) is 0 Å². The van der Waals surface area contributed by atoms with Gasteiger partial charge >= 0.3 is 0 Å². The van der Waals surface area contributed by atoms with E-state index in [0.717, 1.165) is 60.1 Å². The highest BCUT2D eigenvalue weighted by atomic mass is 16.2. The number of piperidine rings is 1. The van der Waals surface area contributed by atoms with Crippen molar-refractivity contribution in [3.8, 4) is 11.1 Å². The maximum atomic E-state index is 13.5. The number of anilines is 1. The largest absolute Gasteiger partial charge is 0.339 e. The number of fused-ring (bicyclic) bond motifs is 1. The van der Waals surface area contributed by atoms with E-state index < -0.39 is 0 Å². The minimum Gasteiger partial charge on any atom is -0.339 e. The molecule has 3 heterocycles. The summed E-state index contributed by atoms with van der Waals surface area (Å²) in [6.45, 7) is 6.60. The zero-order valence-corrected chi connectivity index (χ0v) is 17.5. The first-order chi connectivity index (χ1) is 14.6. The van der Waals surface area contributed by atoms with Crippen molar-refractivity contribution in [2.75, 3.05) is 24.5 Å². The number of hydrogen-bond donors (Lipinski definition) is 0. The van der Waals surface area contributed by atoms with Crippen molar-refractivity contribution in [2.24, 2.45) is 5.92 Å². The average molecular weight is 399 g/mol. The molecule has 0 saturated carbocycles. The molecule has 1 amide bonds. The summed E-state index contributed by atoms with van der Waals surface area (Å²) >= 11 is 0. The Labute approximate surface area is 177 Å². The fourth-order valence-corrected chi connectivity index (χ4v) is 4.75. The van der Waals surface area contributed by atoms with Gasteiger partial charge in [0.05, 0.1) is 6.04 Å². The zero-order valence-electron chi connectivity index (χ0n) is 17.5. The summed E-state index contributed by atoms with van der Waals surface area (Å²) in [6.07, 6.45) is 1.07. The number of nitrogens with zero attached hydrogens (tertiary/aromatic N) is 4. The second-order valence-corrected chi connectivity index (χ2v) is 8.38. The number of carbonyl (C=O) groups excluding carboxylic acids is 1. The van der Waals surface area contributed by atoms with E-state index in [-0.39, 0.29) is 11.9 Å². The predicted molar refractivity (Wildman–Crippen MR) is 119 cm³/mol. The second-order valence-electron chi connectivity index (χ2n) is 8.38. The van der Waals surface area contributed by atoms with Gasteiger partial charge < -0.3 is 9.80 Å². The molecule has 2 aliphatic rings. The molecular weight excluding hydrogens is 372 g/mol. The van der Waals surface area contributed by atoms with Crippen LogP contribution in [-0.4, -0.2) is 46.5 Å². The molecule has 0 spiro atoms. The standard InChI is InChI=1S/C25H26N4O/c1-17-14-18(2)27-25(26-17)28-13-12-20-15-29(23(20)16-28)24(30)22-11-7-6-10-21(22)19-8-4-3-5-9-19/h3-11,14,20,23H,12-13,15-16H2,1-2H3. The van der Waals surface area contributed by atoms with Crippen molar-refractivity contribution in [1.29, 1.82) is 0 Å². The molecule has 1 aromatic heterocycles. The average Bonchev–Trinajstić information content (AvgIpc) is 2.74. The molecule has 2 saturated heterocycles. The lowest BCUT2D eigenvalue weighted by molar-refractivity contribution is 0.00774. The lowest BCUT2D eigenvalue weighted by atomic mass is 9.81. The van der Waals surface area contributed by atoms with Crippen LogP contribution in [0.4, 0.5) is 5.95 Å². The summed E-state index contributed by atoms with van der Waals surface area (Å²) in [7, 11) is 0. The number of benzene rings is 2.